The van der Waals surface area contributed by atoms with Gasteiger partial charge in [0.1, 0.15) is 12.4 Å². The standard InChI is InChI=1S/C15H21N5O/c1-3-13-14(4-2)19-20-15(18-13)17-11-5-7-12(8-6-11)21-10-9-16/h5-8H,3-4,9-10,16H2,1-2H3,(H,17,18,20). The predicted molar refractivity (Wildman–Crippen MR) is 82.9 cm³/mol. The van der Waals surface area contributed by atoms with Crippen LogP contribution in [-0.4, -0.2) is 28.3 Å². The summed E-state index contributed by atoms with van der Waals surface area (Å²) in [6.07, 6.45) is 1.69. The highest BCUT2D eigenvalue weighted by molar-refractivity contribution is 5.54. The number of hydrogen-bond acceptors (Lipinski definition) is 6. The van der Waals surface area contributed by atoms with Crippen LogP contribution in [-0.2, 0) is 12.8 Å². The molecule has 0 aliphatic heterocycles. The number of aromatic nitrogens is 3. The Kier molecular flexibility index (Phi) is 5.45. The number of nitrogens with two attached hydrogens (primary N) is 1. The lowest BCUT2D eigenvalue weighted by molar-refractivity contribution is 0.328. The highest BCUT2D eigenvalue weighted by atomic mass is 16.5. The Morgan fingerprint density at radius 3 is 2.38 bits per heavy atom. The fraction of sp³-hybridized carbons (Fsp3) is 0.400. The van der Waals surface area contributed by atoms with Gasteiger partial charge in [0.15, 0.2) is 0 Å². The largest absolute Gasteiger partial charge is 0.492 e. The Bertz CT molecular complexity index is 571. The van der Waals surface area contributed by atoms with Gasteiger partial charge < -0.3 is 15.8 Å². The molecule has 0 spiro atoms. The molecule has 1 aromatic heterocycles. The number of ether oxygens (including phenoxy) is 1. The van der Waals surface area contributed by atoms with E-state index in [4.69, 9.17) is 10.5 Å². The zero-order chi connectivity index (χ0) is 15.1. The molecule has 6 nitrogen and oxygen atoms in total. The van der Waals surface area contributed by atoms with E-state index in [1.807, 2.05) is 24.3 Å². The summed E-state index contributed by atoms with van der Waals surface area (Å²) >= 11 is 0. The SMILES string of the molecule is CCc1nnc(Nc2ccc(OCCN)cc2)nc1CC. The van der Waals surface area contributed by atoms with Gasteiger partial charge >= 0.3 is 0 Å². The minimum Gasteiger partial charge on any atom is -0.492 e. The third-order valence-electron chi connectivity index (χ3n) is 3.01. The van der Waals surface area contributed by atoms with Crippen molar-refractivity contribution in [2.75, 3.05) is 18.5 Å². The highest BCUT2D eigenvalue weighted by Gasteiger charge is 2.06. The van der Waals surface area contributed by atoms with Crippen molar-refractivity contribution in [1.82, 2.24) is 15.2 Å². The van der Waals surface area contributed by atoms with Crippen LogP contribution in [0.4, 0.5) is 11.6 Å². The molecule has 2 aromatic rings. The molecule has 0 atom stereocenters. The molecule has 0 saturated heterocycles. The summed E-state index contributed by atoms with van der Waals surface area (Å²) in [4.78, 5) is 4.50. The van der Waals surface area contributed by atoms with E-state index in [9.17, 15) is 0 Å². The number of benzene rings is 1. The Balaban J connectivity index is 2.07. The summed E-state index contributed by atoms with van der Waals surface area (Å²) in [5, 5.41) is 11.5. The van der Waals surface area contributed by atoms with Crippen LogP contribution in [0.3, 0.4) is 0 Å². The summed E-state index contributed by atoms with van der Waals surface area (Å²) < 4.78 is 5.43. The van der Waals surface area contributed by atoms with Crippen LogP contribution in [0.15, 0.2) is 24.3 Å². The molecule has 2 rings (SSSR count). The van der Waals surface area contributed by atoms with Crippen molar-refractivity contribution in [2.24, 2.45) is 5.73 Å². The Morgan fingerprint density at radius 2 is 1.76 bits per heavy atom. The highest BCUT2D eigenvalue weighted by Crippen LogP contribution is 2.18. The van der Waals surface area contributed by atoms with Crippen LogP contribution < -0.4 is 15.8 Å². The van der Waals surface area contributed by atoms with Crippen molar-refractivity contribution in [1.29, 1.82) is 0 Å². The van der Waals surface area contributed by atoms with E-state index in [1.165, 1.54) is 0 Å². The van der Waals surface area contributed by atoms with Crippen LogP contribution >= 0.6 is 0 Å². The maximum atomic E-state index is 5.43. The molecular weight excluding hydrogens is 266 g/mol. The molecule has 0 aliphatic rings. The van der Waals surface area contributed by atoms with Crippen LogP contribution in [0.5, 0.6) is 5.75 Å². The first kappa shape index (κ1) is 15.2. The number of nitrogens with zero attached hydrogens (tertiary/aromatic N) is 3. The molecule has 1 heterocycles. The quantitative estimate of drug-likeness (QED) is 0.811. The molecule has 0 bridgehead atoms. The normalized spacial score (nSPS) is 10.4. The van der Waals surface area contributed by atoms with Gasteiger partial charge in [-0.1, -0.05) is 13.8 Å². The maximum Gasteiger partial charge on any atom is 0.247 e. The lowest BCUT2D eigenvalue weighted by Crippen LogP contribution is -2.10. The molecule has 0 saturated carbocycles. The predicted octanol–water partition coefficient (Wildman–Crippen LogP) is 2.08. The lowest BCUT2D eigenvalue weighted by Gasteiger charge is -2.09. The van der Waals surface area contributed by atoms with Gasteiger partial charge in [0.05, 0.1) is 11.4 Å². The summed E-state index contributed by atoms with van der Waals surface area (Å²) in [6.45, 7) is 5.13. The second kappa shape index (κ2) is 7.54. The average Bonchev–Trinajstić information content (AvgIpc) is 2.54. The Hall–Kier alpha value is -2.21. The molecular formula is C15H21N5O. The van der Waals surface area contributed by atoms with Gasteiger partial charge in [-0.15, -0.1) is 10.2 Å². The van der Waals surface area contributed by atoms with Crippen molar-refractivity contribution in [2.45, 2.75) is 26.7 Å². The first-order valence-corrected chi connectivity index (χ1v) is 7.19. The summed E-state index contributed by atoms with van der Waals surface area (Å²) in [5.74, 6) is 1.31. The summed E-state index contributed by atoms with van der Waals surface area (Å²) in [7, 11) is 0. The third kappa shape index (κ3) is 4.13. The van der Waals surface area contributed by atoms with Gasteiger partial charge in [0, 0.05) is 12.2 Å². The third-order valence-corrected chi connectivity index (χ3v) is 3.01. The minimum absolute atomic E-state index is 0.503. The Morgan fingerprint density at radius 1 is 1.05 bits per heavy atom. The molecule has 112 valence electrons. The van der Waals surface area contributed by atoms with Gasteiger partial charge in [0.25, 0.3) is 0 Å². The molecule has 0 radical (unpaired) electrons. The molecule has 0 fully saturated rings. The van der Waals surface area contributed by atoms with E-state index in [-0.39, 0.29) is 0 Å². The van der Waals surface area contributed by atoms with Crippen molar-refractivity contribution in [3.05, 3.63) is 35.7 Å². The minimum atomic E-state index is 0.503. The van der Waals surface area contributed by atoms with Crippen LogP contribution in [0.2, 0.25) is 0 Å². The van der Waals surface area contributed by atoms with Crippen LogP contribution in [0, 0.1) is 0 Å². The van der Waals surface area contributed by atoms with E-state index < -0.39 is 0 Å². The van der Waals surface area contributed by atoms with E-state index in [2.05, 4.69) is 34.3 Å². The van der Waals surface area contributed by atoms with Gasteiger partial charge in [-0.25, -0.2) is 4.98 Å². The fourth-order valence-corrected chi connectivity index (χ4v) is 1.93. The molecule has 21 heavy (non-hydrogen) atoms. The maximum absolute atomic E-state index is 5.43. The summed E-state index contributed by atoms with van der Waals surface area (Å²) in [6, 6.07) is 7.59. The molecule has 0 amide bonds. The first-order chi connectivity index (χ1) is 10.3. The second-order valence-corrected chi connectivity index (χ2v) is 4.52. The monoisotopic (exact) mass is 287 g/mol. The number of rotatable bonds is 7. The van der Waals surface area contributed by atoms with Gasteiger partial charge in [-0.3, -0.25) is 0 Å². The molecule has 1 aromatic carbocycles. The average molecular weight is 287 g/mol. The van der Waals surface area contributed by atoms with E-state index in [1.54, 1.807) is 0 Å². The molecule has 3 N–H and O–H groups in total. The van der Waals surface area contributed by atoms with E-state index >= 15 is 0 Å². The lowest BCUT2D eigenvalue weighted by atomic mass is 10.2. The van der Waals surface area contributed by atoms with E-state index in [0.29, 0.717) is 19.1 Å². The molecule has 0 unspecified atom stereocenters. The zero-order valence-corrected chi connectivity index (χ0v) is 12.5. The number of nitrogens with one attached hydrogen (secondary N) is 1. The van der Waals surface area contributed by atoms with Crippen molar-refractivity contribution >= 4 is 11.6 Å². The smallest absolute Gasteiger partial charge is 0.247 e. The van der Waals surface area contributed by atoms with Crippen molar-refractivity contribution < 1.29 is 4.74 Å². The number of hydrogen-bond donors (Lipinski definition) is 2. The molecule has 0 aliphatic carbocycles. The zero-order valence-electron chi connectivity index (χ0n) is 12.5. The van der Waals surface area contributed by atoms with Crippen molar-refractivity contribution in [3.8, 4) is 5.75 Å². The summed E-state index contributed by atoms with van der Waals surface area (Å²) in [5.41, 5.74) is 8.23. The fourth-order valence-electron chi connectivity index (χ4n) is 1.93. The van der Waals surface area contributed by atoms with Crippen LogP contribution in [0.25, 0.3) is 0 Å². The number of anilines is 2. The Labute approximate surface area is 124 Å². The van der Waals surface area contributed by atoms with Crippen molar-refractivity contribution in [3.63, 3.8) is 0 Å². The van der Waals surface area contributed by atoms with Crippen LogP contribution in [0.1, 0.15) is 25.2 Å². The van der Waals surface area contributed by atoms with Gasteiger partial charge in [-0.05, 0) is 37.1 Å². The molecule has 6 heteroatoms. The van der Waals surface area contributed by atoms with E-state index in [0.717, 1.165) is 35.7 Å². The van der Waals surface area contributed by atoms with Gasteiger partial charge in [-0.2, -0.15) is 0 Å². The first-order valence-electron chi connectivity index (χ1n) is 7.19. The second-order valence-electron chi connectivity index (χ2n) is 4.52. The van der Waals surface area contributed by atoms with Gasteiger partial charge in [0.2, 0.25) is 5.95 Å². The topological polar surface area (TPSA) is 86.0 Å². The number of aryl methyl sites for hydroxylation is 2.